The highest BCUT2D eigenvalue weighted by atomic mass is 16.7. The number of hydrogen-bond donors (Lipinski definition) is 4. The lowest BCUT2D eigenvalue weighted by molar-refractivity contribution is -0.257. The van der Waals surface area contributed by atoms with Crippen molar-refractivity contribution in [3.63, 3.8) is 0 Å². The van der Waals surface area contributed by atoms with Gasteiger partial charge < -0.3 is 44.4 Å². The molecule has 3 saturated heterocycles. The first kappa shape index (κ1) is 39.5. The highest BCUT2D eigenvalue weighted by Gasteiger charge is 2.51. The first-order valence-electron chi connectivity index (χ1n) is 19.4. The van der Waals surface area contributed by atoms with Crippen molar-refractivity contribution >= 4 is 24.0 Å². The third kappa shape index (κ3) is 8.09. The molecule has 3 aliphatic heterocycles. The van der Waals surface area contributed by atoms with Crippen LogP contribution in [0.15, 0.2) is 60.9 Å². The van der Waals surface area contributed by atoms with E-state index in [1.165, 1.54) is 14.2 Å². The van der Waals surface area contributed by atoms with Crippen molar-refractivity contribution in [2.24, 2.45) is 5.92 Å². The van der Waals surface area contributed by atoms with E-state index in [0.29, 0.717) is 43.5 Å². The van der Waals surface area contributed by atoms with E-state index >= 15 is 0 Å². The number of alkyl carbamates (subject to hydrolysis) is 1. The molecule has 4 N–H and O–H groups in total. The van der Waals surface area contributed by atoms with Gasteiger partial charge in [0.1, 0.15) is 23.7 Å². The van der Waals surface area contributed by atoms with E-state index in [4.69, 9.17) is 24.2 Å². The van der Waals surface area contributed by atoms with Crippen LogP contribution in [0, 0.1) is 5.92 Å². The van der Waals surface area contributed by atoms with Crippen LogP contribution in [0.25, 0.3) is 33.6 Å². The summed E-state index contributed by atoms with van der Waals surface area (Å²) in [6, 6.07) is 13.9. The van der Waals surface area contributed by atoms with E-state index in [2.05, 4.69) is 15.3 Å². The monoisotopic (exact) mass is 782 g/mol. The molecule has 3 aliphatic rings. The standard InChI is InChI=1S/C41H50N8O8/c1-24(2)34(46-39(52)55-5)38(51)48-17-6-8-32(48)35-42-21-30(44-35)28-13-9-26(10-14-28)27-11-15-29(16-12-27)31-22-43-36(45-31)33-20-41(56-18-7-19-57-41)23-49(33)37(50)25(3)47(4)40(53)54/h9-16,21-22,24-25,32-34H,6-8,17-20,23H2,1-5H3,(H,42,44)(H,43,45)(H,46,52)(H,53,54)/t25-,32-,33-,34-/m0/s1. The van der Waals surface area contributed by atoms with Gasteiger partial charge in [0.15, 0.2) is 5.79 Å². The molecular weight excluding hydrogens is 732 g/mol. The molecule has 16 nitrogen and oxygen atoms in total. The van der Waals surface area contributed by atoms with Crippen LogP contribution in [0.4, 0.5) is 9.59 Å². The summed E-state index contributed by atoms with van der Waals surface area (Å²) < 4.78 is 16.9. The highest BCUT2D eigenvalue weighted by molar-refractivity contribution is 5.87. The maximum atomic E-state index is 13.7. The number of likely N-dealkylation sites (tertiary alicyclic amines) is 2. The summed E-state index contributed by atoms with van der Waals surface area (Å²) in [6.45, 7) is 7.15. The summed E-state index contributed by atoms with van der Waals surface area (Å²) in [5.41, 5.74) is 5.33. The van der Waals surface area contributed by atoms with Gasteiger partial charge in [0.25, 0.3) is 0 Å². The number of benzene rings is 2. The Morgan fingerprint density at radius 1 is 0.842 bits per heavy atom. The van der Waals surface area contributed by atoms with Crippen LogP contribution in [0.5, 0.6) is 0 Å². The Morgan fingerprint density at radius 3 is 1.91 bits per heavy atom. The second-order valence-electron chi connectivity index (χ2n) is 15.3. The first-order chi connectivity index (χ1) is 27.4. The summed E-state index contributed by atoms with van der Waals surface area (Å²) in [5.74, 6) is -0.302. The molecule has 0 unspecified atom stereocenters. The largest absolute Gasteiger partial charge is 0.465 e. The van der Waals surface area contributed by atoms with Gasteiger partial charge in [0.05, 0.1) is 50.3 Å². The Hall–Kier alpha value is -5.74. The summed E-state index contributed by atoms with van der Waals surface area (Å²) >= 11 is 0. The second-order valence-corrected chi connectivity index (χ2v) is 15.3. The molecule has 16 heteroatoms. The van der Waals surface area contributed by atoms with Crippen LogP contribution in [0.1, 0.15) is 70.2 Å². The fraction of sp³-hybridized carbons (Fsp3) is 0.463. The lowest BCUT2D eigenvalue weighted by Gasteiger charge is -2.34. The molecule has 4 aromatic rings. The zero-order chi connectivity index (χ0) is 40.4. The molecule has 0 aliphatic carbocycles. The summed E-state index contributed by atoms with van der Waals surface area (Å²) in [6.07, 6.45) is 4.59. The number of aromatic nitrogens is 4. The van der Waals surface area contributed by atoms with E-state index in [1.54, 1.807) is 16.7 Å². The van der Waals surface area contributed by atoms with E-state index in [1.807, 2.05) is 74.8 Å². The number of carbonyl (C=O) groups excluding carboxylic acids is 3. The number of amides is 4. The van der Waals surface area contributed by atoms with Gasteiger partial charge in [-0.1, -0.05) is 62.4 Å². The van der Waals surface area contributed by atoms with Crippen LogP contribution in [0.2, 0.25) is 0 Å². The highest BCUT2D eigenvalue weighted by Crippen LogP contribution is 2.42. The maximum Gasteiger partial charge on any atom is 0.407 e. The van der Waals surface area contributed by atoms with Crippen LogP contribution in [-0.2, 0) is 23.8 Å². The van der Waals surface area contributed by atoms with Crippen molar-refractivity contribution in [2.75, 3.05) is 40.5 Å². The lowest BCUT2D eigenvalue weighted by Crippen LogP contribution is -2.51. The lowest BCUT2D eigenvalue weighted by atomic mass is 10.0. The van der Waals surface area contributed by atoms with Gasteiger partial charge in [-0.2, -0.15) is 0 Å². The zero-order valence-corrected chi connectivity index (χ0v) is 32.9. The Morgan fingerprint density at radius 2 is 1.39 bits per heavy atom. The van der Waals surface area contributed by atoms with Gasteiger partial charge >= 0.3 is 12.2 Å². The molecule has 57 heavy (non-hydrogen) atoms. The van der Waals surface area contributed by atoms with Gasteiger partial charge in [0, 0.05) is 43.5 Å². The number of imidazole rings is 2. The number of likely N-dealkylation sites (N-methyl/N-ethyl adjacent to an activating group) is 1. The molecule has 0 bridgehead atoms. The van der Waals surface area contributed by atoms with Crippen molar-refractivity contribution in [3.05, 3.63) is 72.6 Å². The number of rotatable bonds is 10. The van der Waals surface area contributed by atoms with Gasteiger partial charge in [-0.25, -0.2) is 19.6 Å². The topological polar surface area (TPSA) is 195 Å². The van der Waals surface area contributed by atoms with Gasteiger partial charge in [-0.15, -0.1) is 0 Å². The molecule has 0 saturated carbocycles. The molecular formula is C41H50N8O8. The summed E-state index contributed by atoms with van der Waals surface area (Å²) in [7, 11) is 2.66. The minimum absolute atomic E-state index is 0.115. The Bertz CT molecular complexity index is 2070. The van der Waals surface area contributed by atoms with Gasteiger partial charge in [0.2, 0.25) is 11.8 Å². The van der Waals surface area contributed by atoms with Crippen LogP contribution < -0.4 is 5.32 Å². The minimum atomic E-state index is -1.19. The number of nitrogens with one attached hydrogen (secondary N) is 3. The molecule has 2 aromatic heterocycles. The normalized spacial score (nSPS) is 20.1. The number of hydrogen-bond acceptors (Lipinski definition) is 9. The molecule has 0 radical (unpaired) electrons. The fourth-order valence-corrected chi connectivity index (χ4v) is 7.88. The number of carbonyl (C=O) groups is 4. The van der Waals surface area contributed by atoms with E-state index in [-0.39, 0.29) is 30.3 Å². The Kier molecular flexibility index (Phi) is 11.4. The predicted molar refractivity (Wildman–Crippen MR) is 208 cm³/mol. The second kappa shape index (κ2) is 16.4. The smallest absolute Gasteiger partial charge is 0.407 e. The third-order valence-corrected chi connectivity index (χ3v) is 11.3. The van der Waals surface area contributed by atoms with Crippen LogP contribution in [-0.4, -0.2) is 122 Å². The average molecular weight is 783 g/mol. The molecule has 4 atom stereocenters. The number of methoxy groups -OCH3 is 1. The summed E-state index contributed by atoms with van der Waals surface area (Å²) in [5, 5.41) is 12.2. The predicted octanol–water partition coefficient (Wildman–Crippen LogP) is 5.58. The number of H-pyrrole nitrogens is 2. The number of aromatic amines is 2. The quantitative estimate of drug-likeness (QED) is 0.158. The number of ether oxygens (including phenoxy) is 3. The fourth-order valence-electron chi connectivity index (χ4n) is 7.88. The van der Waals surface area contributed by atoms with E-state index < -0.39 is 36.1 Å². The van der Waals surface area contributed by atoms with Crippen molar-refractivity contribution < 1.29 is 38.5 Å². The van der Waals surface area contributed by atoms with Crippen LogP contribution in [0.3, 0.4) is 0 Å². The maximum absolute atomic E-state index is 13.7. The summed E-state index contributed by atoms with van der Waals surface area (Å²) in [4.78, 5) is 71.5. The SMILES string of the molecule is COC(=O)N[C@H](C(=O)N1CCC[C@H]1c1nc(-c2ccc(-c3ccc(-c4c[nH]c([C@@H]5CC6(CN5C(=O)[C@H](C)N(C)C(=O)O)OCCCO6)n4)cc3)cc2)c[nH]1)C(C)C. The van der Waals surface area contributed by atoms with Crippen LogP contribution >= 0.6 is 0 Å². The average Bonchev–Trinajstić information content (AvgIpc) is 4.06. The third-order valence-electron chi connectivity index (χ3n) is 11.3. The molecule has 2 aromatic carbocycles. The molecule has 1 spiro atoms. The van der Waals surface area contributed by atoms with Gasteiger partial charge in [-0.05, 0) is 43.2 Å². The number of nitrogens with zero attached hydrogens (tertiary/aromatic N) is 5. The van der Waals surface area contributed by atoms with Gasteiger partial charge in [-0.3, -0.25) is 14.5 Å². The van der Waals surface area contributed by atoms with Crippen molar-refractivity contribution in [1.29, 1.82) is 0 Å². The molecule has 4 amide bonds. The van der Waals surface area contributed by atoms with Crippen molar-refractivity contribution in [1.82, 2.24) is 40.0 Å². The molecule has 5 heterocycles. The Balaban J connectivity index is 1.03. The zero-order valence-electron chi connectivity index (χ0n) is 32.9. The van der Waals surface area contributed by atoms with Crippen molar-refractivity contribution in [3.8, 4) is 33.6 Å². The molecule has 302 valence electrons. The number of carboxylic acid groups (broad SMARTS) is 1. The Labute approximate surface area is 330 Å². The first-order valence-corrected chi connectivity index (χ1v) is 19.4. The van der Waals surface area contributed by atoms with E-state index in [0.717, 1.165) is 52.1 Å². The molecule has 7 rings (SSSR count). The minimum Gasteiger partial charge on any atom is -0.465 e. The van der Waals surface area contributed by atoms with E-state index in [9.17, 15) is 24.3 Å². The molecule has 3 fully saturated rings. The van der Waals surface area contributed by atoms with Crippen molar-refractivity contribution in [2.45, 2.75) is 76.4 Å².